The third-order valence-corrected chi connectivity index (χ3v) is 7.59. The summed E-state index contributed by atoms with van der Waals surface area (Å²) >= 11 is 0. The van der Waals surface area contributed by atoms with Gasteiger partial charge < -0.3 is 31.1 Å². The van der Waals surface area contributed by atoms with Crippen LogP contribution in [0.5, 0.6) is 5.75 Å². The number of carbonyl (C=O) groups is 5. The van der Waals surface area contributed by atoms with Gasteiger partial charge in [-0.1, -0.05) is 6.07 Å². The summed E-state index contributed by atoms with van der Waals surface area (Å²) in [5.74, 6) is -6.23. The van der Waals surface area contributed by atoms with Gasteiger partial charge in [-0.05, 0) is 29.8 Å². The molecule has 0 atom stereocenters. The Morgan fingerprint density at radius 2 is 1.08 bits per heavy atom. The molecule has 49 heavy (non-hydrogen) atoms. The summed E-state index contributed by atoms with van der Waals surface area (Å²) in [7, 11) is 0. The monoisotopic (exact) mass is 836 g/mol. The van der Waals surface area contributed by atoms with E-state index in [1.165, 1.54) is 24.3 Å². The van der Waals surface area contributed by atoms with Gasteiger partial charge in [-0.2, -0.15) is 0 Å². The average Bonchev–Trinajstić information content (AvgIpc) is 3.00. The van der Waals surface area contributed by atoms with Crippen LogP contribution < -0.4 is 10.6 Å². The number of hydrogen-bond acceptors (Lipinski definition) is 10. The van der Waals surface area contributed by atoms with Crippen LogP contribution in [0.4, 0.5) is 8.78 Å². The van der Waals surface area contributed by atoms with E-state index < -0.39 is 41.4 Å². The minimum atomic E-state index is -1.06. The molecule has 0 bridgehead atoms. The van der Waals surface area contributed by atoms with Crippen LogP contribution in [0.2, 0.25) is 0 Å². The van der Waals surface area contributed by atoms with E-state index >= 15 is 0 Å². The Labute approximate surface area is 313 Å². The molecule has 0 unspecified atom stereocenters. The first-order valence-electron chi connectivity index (χ1n) is 15.2. The number of benzene rings is 2. The van der Waals surface area contributed by atoms with E-state index in [0.29, 0.717) is 6.07 Å². The van der Waals surface area contributed by atoms with Gasteiger partial charge in [-0.15, -0.1) is 0 Å². The number of carbonyl (C=O) groups excluding carboxylic acids is 2. The van der Waals surface area contributed by atoms with E-state index in [9.17, 15) is 53.2 Å². The second kappa shape index (κ2) is 21.0. The first-order valence-corrected chi connectivity index (χ1v) is 15.2. The summed E-state index contributed by atoms with van der Waals surface area (Å²) in [6.45, 7) is 1.05. The number of aromatic hydroxyl groups is 1. The SMILES string of the molecule is O=C(O)CN1CCN(CC(=O)O)CCN(CC(=O)NCCNC(=O)c2cc(-c3ccc(F)cc3F)ccc2O)CCN(CC(=O)O)CC1.[Gd]. The molecule has 2 aromatic rings. The Balaban J connectivity index is 0.00000833. The quantitative estimate of drug-likeness (QED) is 0.143. The van der Waals surface area contributed by atoms with Crippen molar-refractivity contribution in [2.24, 2.45) is 0 Å². The molecule has 15 nitrogen and oxygen atoms in total. The molecule has 270 valence electrons. The van der Waals surface area contributed by atoms with Gasteiger partial charge in [0.25, 0.3) is 5.91 Å². The van der Waals surface area contributed by atoms with Gasteiger partial charge in [-0.25, -0.2) is 8.78 Å². The number of halogens is 2. The van der Waals surface area contributed by atoms with Crippen LogP contribution in [0.1, 0.15) is 10.4 Å². The van der Waals surface area contributed by atoms with Gasteiger partial charge in [0.1, 0.15) is 17.4 Å². The fourth-order valence-corrected chi connectivity index (χ4v) is 5.13. The van der Waals surface area contributed by atoms with Crippen molar-refractivity contribution in [3.63, 3.8) is 0 Å². The van der Waals surface area contributed by atoms with E-state index in [1.807, 2.05) is 0 Å². The first-order chi connectivity index (χ1) is 22.8. The van der Waals surface area contributed by atoms with Crippen LogP contribution in [0.3, 0.4) is 0 Å². The molecule has 0 saturated carbocycles. The number of phenolic OH excluding ortho intramolecular Hbond substituents is 1. The van der Waals surface area contributed by atoms with E-state index in [1.54, 1.807) is 19.6 Å². The van der Waals surface area contributed by atoms with Crippen LogP contribution in [0.15, 0.2) is 36.4 Å². The average molecular weight is 836 g/mol. The number of nitrogens with one attached hydrogen (secondary N) is 2. The summed E-state index contributed by atoms with van der Waals surface area (Å²) in [6.07, 6.45) is 0. The molecule has 0 aliphatic carbocycles. The molecule has 1 saturated heterocycles. The van der Waals surface area contributed by atoms with Crippen molar-refractivity contribution in [1.82, 2.24) is 30.2 Å². The maximum absolute atomic E-state index is 14.2. The predicted octanol–water partition coefficient (Wildman–Crippen LogP) is -0.341. The molecule has 0 spiro atoms. The molecular weight excluding hydrogens is 796 g/mol. The zero-order valence-corrected chi connectivity index (χ0v) is 28.9. The molecule has 3 rings (SSSR count). The zero-order valence-electron chi connectivity index (χ0n) is 26.6. The second-order valence-corrected chi connectivity index (χ2v) is 11.2. The van der Waals surface area contributed by atoms with Crippen molar-refractivity contribution >= 4 is 29.7 Å². The number of nitrogens with zero attached hydrogens (tertiary/aromatic N) is 4. The smallest absolute Gasteiger partial charge is 0.317 e. The van der Waals surface area contributed by atoms with Gasteiger partial charge >= 0.3 is 17.9 Å². The molecule has 1 heterocycles. The van der Waals surface area contributed by atoms with Crippen molar-refractivity contribution in [1.29, 1.82) is 0 Å². The van der Waals surface area contributed by atoms with Crippen molar-refractivity contribution in [3.05, 3.63) is 53.6 Å². The number of phenols is 1. The first kappa shape index (κ1) is 41.8. The summed E-state index contributed by atoms with van der Waals surface area (Å²) < 4.78 is 27.6. The van der Waals surface area contributed by atoms with Gasteiger partial charge in [0.05, 0.1) is 31.7 Å². The number of amides is 2. The standard InChI is InChI=1S/C31H40F2N6O9.Gd/c32-22-2-3-23(25(33)16-22)21-1-4-26(40)24(15-21)31(48)35-6-5-34-27(41)17-36-7-9-37(18-28(42)43)11-13-39(20-30(46)47)14-12-38(10-8-36)19-29(44)45;/h1-4,15-16,40H,5-14,17-20H2,(H,34,41)(H,35,48)(H,42,43)(H,44,45)(H,46,47);. The van der Waals surface area contributed by atoms with E-state index in [2.05, 4.69) is 10.6 Å². The van der Waals surface area contributed by atoms with Crippen molar-refractivity contribution < 1.29 is 93.1 Å². The summed E-state index contributed by atoms with van der Waals surface area (Å²) in [5.41, 5.74) is 0.137. The second-order valence-electron chi connectivity index (χ2n) is 11.2. The molecule has 18 heteroatoms. The maximum atomic E-state index is 14.2. The number of carboxylic acid groups (broad SMARTS) is 3. The third-order valence-electron chi connectivity index (χ3n) is 7.59. The van der Waals surface area contributed by atoms with Crippen LogP contribution in [-0.4, -0.2) is 161 Å². The minimum absolute atomic E-state index is 0. The fourth-order valence-electron chi connectivity index (χ4n) is 5.13. The molecule has 1 aliphatic rings. The zero-order chi connectivity index (χ0) is 35.2. The van der Waals surface area contributed by atoms with Gasteiger partial charge in [-0.3, -0.25) is 43.6 Å². The molecule has 0 aromatic heterocycles. The van der Waals surface area contributed by atoms with Gasteiger partial charge in [0.15, 0.2) is 0 Å². The molecule has 2 amide bonds. The number of aliphatic carboxylic acids is 3. The number of rotatable bonds is 13. The van der Waals surface area contributed by atoms with Crippen molar-refractivity contribution in [2.75, 3.05) is 91.6 Å². The Hall–Kier alpha value is -3.39. The van der Waals surface area contributed by atoms with Crippen molar-refractivity contribution in [2.45, 2.75) is 0 Å². The maximum Gasteiger partial charge on any atom is 0.317 e. The largest absolute Gasteiger partial charge is 0.507 e. The Morgan fingerprint density at radius 1 is 0.633 bits per heavy atom. The molecule has 1 aliphatic heterocycles. The Kier molecular flexibility index (Phi) is 17.9. The molecule has 1 fully saturated rings. The van der Waals surface area contributed by atoms with Gasteiger partial charge in [0.2, 0.25) is 5.91 Å². The van der Waals surface area contributed by atoms with Crippen LogP contribution in [0, 0.1) is 51.6 Å². The normalized spacial score (nSPS) is 15.6. The van der Waals surface area contributed by atoms with Crippen LogP contribution in [-0.2, 0) is 19.2 Å². The Morgan fingerprint density at radius 3 is 1.53 bits per heavy atom. The number of carboxylic acids is 3. The van der Waals surface area contributed by atoms with E-state index in [-0.39, 0.29) is 154 Å². The van der Waals surface area contributed by atoms with Crippen LogP contribution >= 0.6 is 0 Å². The predicted molar refractivity (Wildman–Crippen MR) is 167 cm³/mol. The van der Waals surface area contributed by atoms with E-state index in [0.717, 1.165) is 6.07 Å². The molecule has 2 aromatic carbocycles. The van der Waals surface area contributed by atoms with Crippen molar-refractivity contribution in [3.8, 4) is 16.9 Å². The van der Waals surface area contributed by atoms with E-state index in [4.69, 9.17) is 0 Å². The summed E-state index contributed by atoms with van der Waals surface area (Å²) in [5, 5.41) is 43.5. The molecule has 0 radical (unpaired) electrons. The summed E-state index contributed by atoms with van der Waals surface area (Å²) in [4.78, 5) is 66.5. The molecular formula is C31H40F2GdN6O9. The minimum Gasteiger partial charge on any atom is -0.507 e. The topological polar surface area (TPSA) is 203 Å². The summed E-state index contributed by atoms with van der Waals surface area (Å²) in [6, 6.07) is 6.86. The number of hydrogen-bond donors (Lipinski definition) is 6. The third kappa shape index (κ3) is 15.0. The van der Waals surface area contributed by atoms with Gasteiger partial charge in [0, 0.05) is 117 Å². The fraction of sp³-hybridized carbons (Fsp3) is 0.452. The Bertz CT molecular complexity index is 1440. The van der Waals surface area contributed by atoms with Crippen LogP contribution in [0.25, 0.3) is 11.1 Å². The molecule has 6 N–H and O–H groups in total.